The van der Waals surface area contributed by atoms with Crippen molar-refractivity contribution in [1.29, 1.82) is 0 Å². The third kappa shape index (κ3) is 9.73. The molecular weight excluding hydrogens is 320 g/mol. The Kier molecular flexibility index (Phi) is 11.9. The molecule has 1 aromatic rings. The van der Waals surface area contributed by atoms with E-state index in [9.17, 15) is 10.2 Å². The Balaban J connectivity index is 2.46. The van der Waals surface area contributed by atoms with Gasteiger partial charge in [0.1, 0.15) is 0 Å². The SMILES string of the molecule is CCCC(C)CC(O)CCc1ccccc1CCC(O)CC(C)CCC. The fourth-order valence-electron chi connectivity index (χ4n) is 4.08. The van der Waals surface area contributed by atoms with Gasteiger partial charge in [-0.05, 0) is 61.5 Å². The molecule has 2 nitrogen and oxygen atoms in total. The van der Waals surface area contributed by atoms with Gasteiger partial charge >= 0.3 is 0 Å². The molecule has 26 heavy (non-hydrogen) atoms. The summed E-state index contributed by atoms with van der Waals surface area (Å²) < 4.78 is 0. The summed E-state index contributed by atoms with van der Waals surface area (Å²) in [7, 11) is 0. The first-order valence-electron chi connectivity index (χ1n) is 10.9. The Bertz CT molecular complexity index is 428. The summed E-state index contributed by atoms with van der Waals surface area (Å²) in [5.74, 6) is 1.20. The van der Waals surface area contributed by atoms with Gasteiger partial charge in [-0.2, -0.15) is 0 Å². The third-order valence-electron chi connectivity index (χ3n) is 5.52. The van der Waals surface area contributed by atoms with Gasteiger partial charge in [-0.3, -0.25) is 0 Å². The molecule has 0 spiro atoms. The Morgan fingerprint density at radius 3 is 1.42 bits per heavy atom. The molecule has 0 heterocycles. The summed E-state index contributed by atoms with van der Waals surface area (Å²) in [6.45, 7) is 8.89. The van der Waals surface area contributed by atoms with E-state index in [0.717, 1.165) is 38.5 Å². The number of rotatable bonds is 14. The quantitative estimate of drug-likeness (QED) is 0.431. The predicted octanol–water partition coefficient (Wildman–Crippen LogP) is 5.93. The van der Waals surface area contributed by atoms with Gasteiger partial charge in [-0.15, -0.1) is 0 Å². The lowest BCUT2D eigenvalue weighted by Crippen LogP contribution is -2.14. The second-order valence-corrected chi connectivity index (χ2v) is 8.41. The monoisotopic (exact) mass is 362 g/mol. The minimum Gasteiger partial charge on any atom is -0.393 e. The molecule has 1 aromatic carbocycles. The van der Waals surface area contributed by atoms with Crippen LogP contribution in [-0.4, -0.2) is 22.4 Å². The molecule has 0 aliphatic rings. The van der Waals surface area contributed by atoms with Gasteiger partial charge in [-0.25, -0.2) is 0 Å². The first-order valence-corrected chi connectivity index (χ1v) is 10.9. The number of hydrogen-bond acceptors (Lipinski definition) is 2. The molecule has 4 unspecified atom stereocenters. The Morgan fingerprint density at radius 1 is 0.692 bits per heavy atom. The van der Waals surface area contributed by atoms with Crippen LogP contribution in [0.15, 0.2) is 24.3 Å². The van der Waals surface area contributed by atoms with Gasteiger partial charge in [0, 0.05) is 0 Å². The number of aliphatic hydroxyl groups excluding tert-OH is 2. The van der Waals surface area contributed by atoms with Gasteiger partial charge in [0.15, 0.2) is 0 Å². The molecule has 4 atom stereocenters. The van der Waals surface area contributed by atoms with Gasteiger partial charge in [0.2, 0.25) is 0 Å². The minimum absolute atomic E-state index is 0.204. The lowest BCUT2D eigenvalue weighted by Gasteiger charge is -2.18. The highest BCUT2D eigenvalue weighted by atomic mass is 16.3. The van der Waals surface area contributed by atoms with Crippen molar-refractivity contribution in [3.8, 4) is 0 Å². The van der Waals surface area contributed by atoms with Crippen molar-refractivity contribution in [2.75, 3.05) is 0 Å². The maximum absolute atomic E-state index is 10.3. The van der Waals surface area contributed by atoms with E-state index in [1.165, 1.54) is 36.8 Å². The van der Waals surface area contributed by atoms with Crippen LogP contribution in [0.3, 0.4) is 0 Å². The highest BCUT2D eigenvalue weighted by Gasteiger charge is 2.13. The topological polar surface area (TPSA) is 40.5 Å². The maximum atomic E-state index is 10.3. The normalized spacial score (nSPS) is 16.2. The summed E-state index contributed by atoms with van der Waals surface area (Å²) in [6, 6.07) is 8.54. The van der Waals surface area contributed by atoms with E-state index < -0.39 is 0 Å². The molecule has 150 valence electrons. The van der Waals surface area contributed by atoms with E-state index in [-0.39, 0.29) is 12.2 Å². The van der Waals surface area contributed by atoms with Crippen LogP contribution in [0, 0.1) is 11.8 Å². The van der Waals surface area contributed by atoms with E-state index in [0.29, 0.717) is 11.8 Å². The number of hydrogen-bond donors (Lipinski definition) is 2. The predicted molar refractivity (Wildman–Crippen MR) is 112 cm³/mol. The molecule has 0 aromatic heterocycles. The highest BCUT2D eigenvalue weighted by Crippen LogP contribution is 2.20. The fourth-order valence-corrected chi connectivity index (χ4v) is 4.08. The van der Waals surface area contributed by atoms with Crippen molar-refractivity contribution in [2.45, 2.75) is 104 Å². The van der Waals surface area contributed by atoms with Crippen LogP contribution >= 0.6 is 0 Å². The zero-order chi connectivity index (χ0) is 19.4. The number of benzene rings is 1. The van der Waals surface area contributed by atoms with E-state index >= 15 is 0 Å². The van der Waals surface area contributed by atoms with E-state index in [1.807, 2.05) is 0 Å². The summed E-state index contributed by atoms with van der Waals surface area (Å²) in [4.78, 5) is 0. The van der Waals surface area contributed by atoms with Crippen molar-refractivity contribution < 1.29 is 10.2 Å². The van der Waals surface area contributed by atoms with Crippen molar-refractivity contribution in [3.05, 3.63) is 35.4 Å². The van der Waals surface area contributed by atoms with Gasteiger partial charge in [-0.1, -0.05) is 77.6 Å². The molecule has 0 saturated heterocycles. The maximum Gasteiger partial charge on any atom is 0.0546 e. The third-order valence-corrected chi connectivity index (χ3v) is 5.52. The van der Waals surface area contributed by atoms with Crippen molar-refractivity contribution in [3.63, 3.8) is 0 Å². The lowest BCUT2D eigenvalue weighted by molar-refractivity contribution is 0.132. The molecule has 0 radical (unpaired) electrons. The average Bonchev–Trinajstić information content (AvgIpc) is 2.59. The van der Waals surface area contributed by atoms with Gasteiger partial charge in [0.05, 0.1) is 12.2 Å². The summed E-state index contributed by atoms with van der Waals surface area (Å²) in [6.07, 6.45) is 9.71. The molecule has 2 heteroatoms. The molecule has 0 aliphatic heterocycles. The standard InChI is InChI=1S/C24H42O2/c1-5-9-19(3)17-23(25)15-13-21-11-7-8-12-22(21)14-16-24(26)18-20(4)10-6-2/h7-8,11-12,19-20,23-26H,5-6,9-10,13-18H2,1-4H3. The van der Waals surface area contributed by atoms with Crippen LogP contribution in [0.1, 0.15) is 90.2 Å². The second-order valence-electron chi connectivity index (χ2n) is 8.41. The van der Waals surface area contributed by atoms with Crippen molar-refractivity contribution in [1.82, 2.24) is 0 Å². The molecule has 0 bridgehead atoms. The van der Waals surface area contributed by atoms with E-state index in [1.54, 1.807) is 0 Å². The number of aliphatic hydroxyl groups is 2. The van der Waals surface area contributed by atoms with E-state index in [2.05, 4.69) is 52.0 Å². The minimum atomic E-state index is -0.204. The fraction of sp³-hybridized carbons (Fsp3) is 0.750. The van der Waals surface area contributed by atoms with Crippen LogP contribution in [0.2, 0.25) is 0 Å². The zero-order valence-electron chi connectivity index (χ0n) is 17.6. The smallest absolute Gasteiger partial charge is 0.0546 e. The number of aryl methyl sites for hydroxylation is 2. The van der Waals surface area contributed by atoms with Gasteiger partial charge < -0.3 is 10.2 Å². The molecule has 0 fully saturated rings. The molecular formula is C24H42O2. The van der Waals surface area contributed by atoms with Crippen molar-refractivity contribution >= 4 is 0 Å². The largest absolute Gasteiger partial charge is 0.393 e. The summed E-state index contributed by atoms with van der Waals surface area (Å²) >= 11 is 0. The lowest BCUT2D eigenvalue weighted by atomic mass is 9.91. The van der Waals surface area contributed by atoms with Gasteiger partial charge in [0.25, 0.3) is 0 Å². The van der Waals surface area contributed by atoms with Crippen LogP contribution in [-0.2, 0) is 12.8 Å². The Labute approximate surface area is 162 Å². The Hall–Kier alpha value is -0.860. The van der Waals surface area contributed by atoms with Crippen molar-refractivity contribution in [2.24, 2.45) is 11.8 Å². The Morgan fingerprint density at radius 2 is 1.08 bits per heavy atom. The van der Waals surface area contributed by atoms with Crippen LogP contribution < -0.4 is 0 Å². The highest BCUT2D eigenvalue weighted by molar-refractivity contribution is 5.27. The van der Waals surface area contributed by atoms with E-state index in [4.69, 9.17) is 0 Å². The second kappa shape index (κ2) is 13.3. The summed E-state index contributed by atoms with van der Waals surface area (Å²) in [5, 5.41) is 20.7. The van der Waals surface area contributed by atoms with Crippen LogP contribution in [0.5, 0.6) is 0 Å². The molecule has 1 rings (SSSR count). The van der Waals surface area contributed by atoms with Crippen LogP contribution in [0.4, 0.5) is 0 Å². The molecule has 2 N–H and O–H groups in total. The zero-order valence-corrected chi connectivity index (χ0v) is 17.6. The average molecular weight is 363 g/mol. The molecule has 0 saturated carbocycles. The summed E-state index contributed by atoms with van der Waals surface area (Å²) in [5.41, 5.74) is 2.67. The first-order chi connectivity index (χ1) is 12.5. The van der Waals surface area contributed by atoms with Crippen LogP contribution in [0.25, 0.3) is 0 Å². The molecule has 0 aliphatic carbocycles. The first kappa shape index (κ1) is 23.2. The molecule has 0 amide bonds.